The van der Waals surface area contributed by atoms with E-state index < -0.39 is 0 Å². The van der Waals surface area contributed by atoms with Crippen LogP contribution in [0.1, 0.15) is 107 Å². The average molecular weight is 528 g/mol. The van der Waals surface area contributed by atoms with Crippen LogP contribution < -0.4 is 21.5 Å². The van der Waals surface area contributed by atoms with Crippen LogP contribution in [-0.4, -0.2) is 49.5 Å². The number of hydrogen-bond donors (Lipinski definition) is 4. The third-order valence-corrected chi connectivity index (χ3v) is 9.60. The van der Waals surface area contributed by atoms with Gasteiger partial charge in [-0.05, 0) is 62.1 Å². The molecule has 5 atom stereocenters. The predicted octanol–water partition coefficient (Wildman–Crippen LogP) is 4.24. The lowest BCUT2D eigenvalue weighted by Crippen LogP contribution is -2.48. The Labute approximate surface area is 228 Å². The molecule has 8 nitrogen and oxygen atoms in total. The van der Waals surface area contributed by atoms with E-state index in [1.165, 1.54) is 61.6 Å². The van der Waals surface area contributed by atoms with Gasteiger partial charge in [0.15, 0.2) is 0 Å². The number of rotatable bonds is 9. The van der Waals surface area contributed by atoms with Crippen molar-refractivity contribution in [3.05, 3.63) is 34.9 Å². The summed E-state index contributed by atoms with van der Waals surface area (Å²) < 4.78 is 5.18. The van der Waals surface area contributed by atoms with Gasteiger partial charge in [-0.3, -0.25) is 20.4 Å². The summed E-state index contributed by atoms with van der Waals surface area (Å²) in [7, 11) is 1.73. The zero-order valence-electron chi connectivity index (χ0n) is 23.7. The summed E-state index contributed by atoms with van der Waals surface area (Å²) in [5.41, 5.74) is 10.3. The maximum absolute atomic E-state index is 13.2. The van der Waals surface area contributed by atoms with Crippen LogP contribution in [0, 0.1) is 11.8 Å². The van der Waals surface area contributed by atoms with Gasteiger partial charge in [-0.15, -0.1) is 0 Å². The van der Waals surface area contributed by atoms with Crippen LogP contribution in [0.2, 0.25) is 0 Å². The van der Waals surface area contributed by atoms with Gasteiger partial charge < -0.3 is 10.1 Å². The summed E-state index contributed by atoms with van der Waals surface area (Å²) in [5.74, 6) is 0.656. The van der Waals surface area contributed by atoms with Crippen molar-refractivity contribution >= 4 is 5.91 Å². The van der Waals surface area contributed by atoms with Crippen LogP contribution in [-0.2, 0) is 20.8 Å². The van der Waals surface area contributed by atoms with E-state index in [4.69, 9.17) is 9.57 Å². The van der Waals surface area contributed by atoms with E-state index in [-0.39, 0.29) is 35.8 Å². The molecule has 1 amide bonds. The smallest absolute Gasteiger partial charge is 0.226 e. The topological polar surface area (TPSA) is 86.9 Å². The Morgan fingerprint density at radius 3 is 2.74 bits per heavy atom. The number of carbonyl (C=O) groups is 1. The second-order valence-electron chi connectivity index (χ2n) is 11.9. The van der Waals surface area contributed by atoms with Gasteiger partial charge in [-0.1, -0.05) is 57.2 Å². The molecular formula is C30H49N5O3. The first-order chi connectivity index (χ1) is 18.5. The van der Waals surface area contributed by atoms with Crippen molar-refractivity contribution in [2.75, 3.05) is 26.8 Å². The van der Waals surface area contributed by atoms with Gasteiger partial charge in [0.05, 0.1) is 12.0 Å². The summed E-state index contributed by atoms with van der Waals surface area (Å²) in [6.45, 7) is 6.70. The van der Waals surface area contributed by atoms with E-state index in [2.05, 4.69) is 58.6 Å². The highest BCUT2D eigenvalue weighted by molar-refractivity contribution is 5.80. The maximum atomic E-state index is 13.2. The first kappa shape index (κ1) is 28.0. The molecular weight excluding hydrogens is 478 g/mol. The Hall–Kier alpha value is -1.55. The number of nitrogens with one attached hydrogen (secondary N) is 4. The van der Waals surface area contributed by atoms with Gasteiger partial charge in [0.1, 0.15) is 11.9 Å². The Kier molecular flexibility index (Phi) is 9.39. The summed E-state index contributed by atoms with van der Waals surface area (Å²) in [6.07, 6.45) is 13.0. The molecule has 5 rings (SSSR count). The number of ether oxygens (including phenoxy) is 1. The summed E-state index contributed by atoms with van der Waals surface area (Å²) in [5, 5.41) is 9.43. The molecule has 0 radical (unpaired) electrons. The van der Waals surface area contributed by atoms with E-state index in [1.807, 2.05) is 0 Å². The van der Waals surface area contributed by atoms with Crippen molar-refractivity contribution in [3.8, 4) is 0 Å². The van der Waals surface area contributed by atoms with Crippen molar-refractivity contribution in [2.45, 2.75) is 108 Å². The molecule has 2 aliphatic carbocycles. The fourth-order valence-corrected chi connectivity index (χ4v) is 7.17. The number of carbonyl (C=O) groups excluding carboxylic acids is 1. The number of fused-ring (bicyclic) bond motifs is 1. The van der Waals surface area contributed by atoms with Crippen molar-refractivity contribution in [2.24, 2.45) is 11.8 Å². The van der Waals surface area contributed by atoms with Gasteiger partial charge in [0.2, 0.25) is 5.91 Å². The molecule has 4 aliphatic rings. The number of hydrazine groups is 1. The van der Waals surface area contributed by atoms with Gasteiger partial charge in [-0.2, -0.15) is 5.48 Å². The maximum Gasteiger partial charge on any atom is 0.226 e. The standard InChI is InChI=1S/C30H49N5O3/c1-4-30(24-11-8-6-5-7-9-12-24)33-28(34-38-30)23-13-15-25-22(19-23)14-16-27(25)32-29(36)26-20-31-35(21(26)2)17-10-18-37-3/h13,15,19,21,24,26-28,31,33-34H,4-12,14,16-18,20H2,1-3H3,(H,32,36)/t21?,26-,27-,28?,30?/m1/s1. The first-order valence-electron chi connectivity index (χ1n) is 15.2. The molecule has 0 bridgehead atoms. The minimum absolute atomic E-state index is 0.00571. The molecule has 0 aromatic heterocycles. The monoisotopic (exact) mass is 527 g/mol. The number of nitrogens with zero attached hydrogens (tertiary/aromatic N) is 1. The lowest BCUT2D eigenvalue weighted by atomic mass is 9.82. The number of benzene rings is 1. The molecule has 38 heavy (non-hydrogen) atoms. The number of hydroxylamine groups is 1. The minimum Gasteiger partial charge on any atom is -0.385 e. The third-order valence-electron chi connectivity index (χ3n) is 9.60. The van der Waals surface area contributed by atoms with Crippen LogP contribution >= 0.6 is 0 Å². The lowest BCUT2D eigenvalue weighted by molar-refractivity contribution is -0.126. The molecule has 0 spiro atoms. The quantitative estimate of drug-likeness (QED) is 0.357. The number of hydrogen-bond acceptors (Lipinski definition) is 7. The van der Waals surface area contributed by atoms with Crippen molar-refractivity contribution < 1.29 is 14.4 Å². The second kappa shape index (κ2) is 12.7. The summed E-state index contributed by atoms with van der Waals surface area (Å²) >= 11 is 0. The number of amides is 1. The number of methoxy groups -OCH3 is 1. The van der Waals surface area contributed by atoms with Gasteiger partial charge >= 0.3 is 0 Å². The van der Waals surface area contributed by atoms with E-state index in [9.17, 15) is 4.79 Å². The molecule has 2 heterocycles. The second-order valence-corrected chi connectivity index (χ2v) is 11.9. The fourth-order valence-electron chi connectivity index (χ4n) is 7.17. The Morgan fingerprint density at radius 2 is 1.97 bits per heavy atom. The SMILES string of the molecule is CCC1(C2CCCCCCC2)NC(c2ccc3c(c2)CC[C@H]3NC(=O)[C@@H]2CNN(CCCOC)C2C)NO1. The molecule has 2 aliphatic heterocycles. The predicted molar refractivity (Wildman–Crippen MR) is 149 cm³/mol. The molecule has 212 valence electrons. The third kappa shape index (κ3) is 5.96. The van der Waals surface area contributed by atoms with E-state index in [0.717, 1.165) is 38.8 Å². The fraction of sp³-hybridized carbons (Fsp3) is 0.767. The highest BCUT2D eigenvalue weighted by Gasteiger charge is 2.45. The zero-order valence-corrected chi connectivity index (χ0v) is 23.7. The molecule has 3 fully saturated rings. The van der Waals surface area contributed by atoms with Crippen molar-refractivity contribution in [3.63, 3.8) is 0 Å². The van der Waals surface area contributed by atoms with E-state index in [0.29, 0.717) is 12.5 Å². The molecule has 1 aromatic rings. The zero-order chi connectivity index (χ0) is 26.5. The molecule has 8 heteroatoms. The first-order valence-corrected chi connectivity index (χ1v) is 15.2. The van der Waals surface area contributed by atoms with E-state index in [1.54, 1.807) is 7.11 Å². The molecule has 3 unspecified atom stereocenters. The largest absolute Gasteiger partial charge is 0.385 e. The number of aryl methyl sites for hydroxylation is 1. The van der Waals surface area contributed by atoms with Crippen LogP contribution in [0.15, 0.2) is 18.2 Å². The van der Waals surface area contributed by atoms with Gasteiger partial charge in [0, 0.05) is 38.8 Å². The normalized spacial score (nSPS) is 32.7. The minimum atomic E-state index is -0.291. The van der Waals surface area contributed by atoms with Crippen molar-refractivity contribution in [1.29, 1.82) is 0 Å². The highest BCUT2D eigenvalue weighted by Crippen LogP contribution is 2.39. The van der Waals surface area contributed by atoms with Crippen LogP contribution in [0.4, 0.5) is 0 Å². The van der Waals surface area contributed by atoms with Crippen LogP contribution in [0.3, 0.4) is 0 Å². The summed E-state index contributed by atoms with van der Waals surface area (Å²) in [6, 6.07) is 7.01. The molecule has 1 saturated carbocycles. The van der Waals surface area contributed by atoms with Gasteiger partial charge in [0.25, 0.3) is 0 Å². The average Bonchev–Trinajstić information content (AvgIpc) is 3.62. The van der Waals surface area contributed by atoms with Gasteiger partial charge in [-0.25, -0.2) is 5.01 Å². The highest BCUT2D eigenvalue weighted by atomic mass is 16.7. The Bertz CT molecular complexity index is 936. The van der Waals surface area contributed by atoms with E-state index >= 15 is 0 Å². The lowest BCUT2D eigenvalue weighted by Gasteiger charge is -2.36. The van der Waals surface area contributed by atoms with Crippen LogP contribution in [0.5, 0.6) is 0 Å². The van der Waals surface area contributed by atoms with Crippen molar-refractivity contribution in [1.82, 2.24) is 26.5 Å². The molecule has 2 saturated heterocycles. The van der Waals surface area contributed by atoms with Crippen LogP contribution in [0.25, 0.3) is 0 Å². The molecule has 4 N–H and O–H groups in total. The Morgan fingerprint density at radius 1 is 1.18 bits per heavy atom. The summed E-state index contributed by atoms with van der Waals surface area (Å²) in [4.78, 5) is 19.6. The Balaban J connectivity index is 1.19. The molecule has 1 aromatic carbocycles.